The summed E-state index contributed by atoms with van der Waals surface area (Å²) in [7, 11) is 3.42. The molecule has 1 aliphatic rings. The average molecular weight is 437 g/mol. The van der Waals surface area contributed by atoms with E-state index in [9.17, 15) is 9.18 Å². The molecule has 5 rings (SSSR count). The van der Waals surface area contributed by atoms with Crippen LogP contribution in [0.4, 0.5) is 4.39 Å². The van der Waals surface area contributed by atoms with Crippen molar-refractivity contribution in [2.24, 2.45) is 13.0 Å². The second-order valence-corrected chi connectivity index (χ2v) is 8.33. The van der Waals surface area contributed by atoms with Crippen LogP contribution in [0.25, 0.3) is 22.5 Å². The molecule has 3 aromatic heterocycles. The highest BCUT2D eigenvalue weighted by Gasteiger charge is 2.28. The number of imidazole rings is 1. The van der Waals surface area contributed by atoms with Gasteiger partial charge < -0.3 is 9.15 Å². The minimum Gasteiger partial charge on any atom is -0.497 e. The van der Waals surface area contributed by atoms with Gasteiger partial charge in [-0.15, -0.1) is 10.2 Å². The number of benzene rings is 1. The summed E-state index contributed by atoms with van der Waals surface area (Å²) in [5, 5.41) is 8.20. The minimum atomic E-state index is -0.483. The lowest BCUT2D eigenvalue weighted by atomic mass is 9.82. The zero-order valence-electron chi connectivity index (χ0n) is 18.0. The third kappa shape index (κ3) is 3.57. The number of methoxy groups -OCH3 is 1. The van der Waals surface area contributed by atoms with Gasteiger partial charge in [-0.25, -0.2) is 9.18 Å². The van der Waals surface area contributed by atoms with Crippen LogP contribution in [0, 0.1) is 11.7 Å². The number of aryl methyl sites for hydroxylation is 1. The van der Waals surface area contributed by atoms with Crippen LogP contribution in [-0.4, -0.2) is 31.4 Å². The molecule has 1 fully saturated rings. The molecule has 0 N–H and O–H groups in total. The van der Waals surface area contributed by atoms with Crippen molar-refractivity contribution in [3.05, 3.63) is 58.9 Å². The maximum atomic E-state index is 14.0. The molecule has 0 aliphatic heterocycles. The molecule has 1 aliphatic carbocycles. The van der Waals surface area contributed by atoms with Crippen molar-refractivity contribution in [2.45, 2.75) is 38.1 Å². The molecule has 0 amide bonds. The Bertz CT molecular complexity index is 1320. The second kappa shape index (κ2) is 8.22. The summed E-state index contributed by atoms with van der Waals surface area (Å²) in [5.74, 6) is 1.49. The van der Waals surface area contributed by atoms with E-state index < -0.39 is 5.82 Å². The van der Waals surface area contributed by atoms with Crippen LogP contribution in [0.2, 0.25) is 0 Å². The summed E-state index contributed by atoms with van der Waals surface area (Å²) in [6.45, 7) is 0.660. The molecule has 0 atom stereocenters. The Morgan fingerprint density at radius 1 is 1.16 bits per heavy atom. The van der Waals surface area contributed by atoms with Crippen LogP contribution in [0.5, 0.6) is 5.75 Å². The molecule has 1 saturated carbocycles. The molecule has 0 bridgehead atoms. The zero-order chi connectivity index (χ0) is 22.2. The van der Waals surface area contributed by atoms with Crippen LogP contribution in [0.1, 0.15) is 37.5 Å². The maximum Gasteiger partial charge on any atom is 0.328 e. The van der Waals surface area contributed by atoms with E-state index in [0.29, 0.717) is 18.4 Å². The van der Waals surface area contributed by atoms with E-state index in [1.54, 1.807) is 18.7 Å². The smallest absolute Gasteiger partial charge is 0.328 e. The number of hydrogen-bond acceptors (Lipinski definition) is 6. The lowest BCUT2D eigenvalue weighted by Gasteiger charge is -2.26. The van der Waals surface area contributed by atoms with E-state index in [2.05, 4.69) is 15.2 Å². The average Bonchev–Trinajstić information content (AvgIpc) is 3.39. The number of pyridine rings is 1. The molecule has 0 radical (unpaired) electrons. The summed E-state index contributed by atoms with van der Waals surface area (Å²) in [4.78, 5) is 16.6. The summed E-state index contributed by atoms with van der Waals surface area (Å²) >= 11 is 0. The monoisotopic (exact) mass is 437 g/mol. The fourth-order valence-corrected chi connectivity index (χ4v) is 4.60. The number of aromatic nitrogens is 5. The second-order valence-electron chi connectivity index (χ2n) is 8.33. The van der Waals surface area contributed by atoms with E-state index in [0.717, 1.165) is 48.7 Å². The van der Waals surface area contributed by atoms with Crippen LogP contribution < -0.4 is 10.4 Å². The van der Waals surface area contributed by atoms with E-state index >= 15 is 0 Å². The van der Waals surface area contributed by atoms with Crippen molar-refractivity contribution in [1.29, 1.82) is 0 Å². The van der Waals surface area contributed by atoms with Gasteiger partial charge >= 0.3 is 5.69 Å². The van der Waals surface area contributed by atoms with Gasteiger partial charge in [0, 0.05) is 31.8 Å². The van der Waals surface area contributed by atoms with Gasteiger partial charge in [0.2, 0.25) is 5.89 Å². The van der Waals surface area contributed by atoms with Crippen molar-refractivity contribution in [1.82, 2.24) is 24.3 Å². The number of rotatable bonds is 5. The third-order valence-electron chi connectivity index (χ3n) is 6.43. The van der Waals surface area contributed by atoms with Gasteiger partial charge in [-0.3, -0.25) is 14.1 Å². The highest BCUT2D eigenvalue weighted by molar-refractivity contribution is 5.77. The minimum absolute atomic E-state index is 0.0173. The predicted molar refractivity (Wildman–Crippen MR) is 116 cm³/mol. The molecule has 9 heteroatoms. The molecule has 166 valence electrons. The molecule has 4 aromatic rings. The SMILES string of the molecule is COc1ccc2c(c1)n(CC1CCC(c3nnc(-c4ccncc4F)o3)CC1)c(=O)n2C. The molecule has 8 nitrogen and oxygen atoms in total. The number of halogens is 1. The van der Waals surface area contributed by atoms with Gasteiger partial charge in [-0.05, 0) is 49.8 Å². The van der Waals surface area contributed by atoms with Crippen LogP contribution in [0.15, 0.2) is 45.9 Å². The molecule has 0 spiro atoms. The van der Waals surface area contributed by atoms with Gasteiger partial charge in [-0.1, -0.05) is 0 Å². The number of fused-ring (bicyclic) bond motifs is 1. The topological polar surface area (TPSA) is 88.0 Å². The quantitative estimate of drug-likeness (QED) is 0.470. The van der Waals surface area contributed by atoms with Crippen LogP contribution in [0.3, 0.4) is 0 Å². The molecule has 0 unspecified atom stereocenters. The van der Waals surface area contributed by atoms with Gasteiger partial charge in [0.15, 0.2) is 5.82 Å². The van der Waals surface area contributed by atoms with Crippen molar-refractivity contribution in [3.63, 3.8) is 0 Å². The first-order valence-corrected chi connectivity index (χ1v) is 10.7. The third-order valence-corrected chi connectivity index (χ3v) is 6.43. The fraction of sp³-hybridized carbons (Fsp3) is 0.391. The molecular weight excluding hydrogens is 413 g/mol. The number of ether oxygens (including phenoxy) is 1. The molecule has 0 saturated heterocycles. The number of nitrogens with zero attached hydrogens (tertiary/aromatic N) is 5. The molecule has 32 heavy (non-hydrogen) atoms. The highest BCUT2D eigenvalue weighted by Crippen LogP contribution is 2.37. The predicted octanol–water partition coefficient (Wildman–Crippen LogP) is 3.91. The summed E-state index contributed by atoms with van der Waals surface area (Å²) in [6.07, 6.45) is 6.28. The normalized spacial score (nSPS) is 18.8. The van der Waals surface area contributed by atoms with Crippen LogP contribution in [-0.2, 0) is 13.6 Å². The van der Waals surface area contributed by atoms with Crippen molar-refractivity contribution < 1.29 is 13.5 Å². The lowest BCUT2D eigenvalue weighted by Crippen LogP contribution is -2.27. The van der Waals surface area contributed by atoms with E-state index in [1.165, 1.54) is 12.3 Å². The van der Waals surface area contributed by atoms with E-state index in [1.807, 2.05) is 22.8 Å². The fourth-order valence-electron chi connectivity index (χ4n) is 4.60. The Balaban J connectivity index is 1.30. The highest BCUT2D eigenvalue weighted by atomic mass is 19.1. The lowest BCUT2D eigenvalue weighted by molar-refractivity contribution is 0.270. The standard InChI is InChI=1S/C23H24FN5O3/c1-28-19-8-7-16(31-2)11-20(19)29(23(28)30)13-14-3-5-15(6-4-14)21-26-27-22(32-21)17-9-10-25-12-18(17)24/h7-12,14-15H,3-6,13H2,1-2H3. The van der Waals surface area contributed by atoms with Gasteiger partial charge in [0.1, 0.15) is 5.75 Å². The van der Waals surface area contributed by atoms with E-state index in [4.69, 9.17) is 9.15 Å². The van der Waals surface area contributed by atoms with Crippen LogP contribution >= 0.6 is 0 Å². The van der Waals surface area contributed by atoms with Crippen molar-refractivity contribution in [3.8, 4) is 17.2 Å². The maximum absolute atomic E-state index is 14.0. The van der Waals surface area contributed by atoms with Gasteiger partial charge in [-0.2, -0.15) is 0 Å². The molecule has 1 aromatic carbocycles. The Morgan fingerprint density at radius 2 is 1.97 bits per heavy atom. The van der Waals surface area contributed by atoms with Crippen molar-refractivity contribution >= 4 is 11.0 Å². The summed E-state index contributed by atoms with van der Waals surface area (Å²) in [6, 6.07) is 7.23. The first-order chi connectivity index (χ1) is 15.5. The Hall–Kier alpha value is -3.49. The largest absolute Gasteiger partial charge is 0.497 e. The Labute approximate surface area is 183 Å². The zero-order valence-corrected chi connectivity index (χ0v) is 18.0. The number of hydrogen-bond donors (Lipinski definition) is 0. The summed E-state index contributed by atoms with van der Waals surface area (Å²) in [5.41, 5.74) is 2.03. The Kier molecular flexibility index (Phi) is 5.24. The first-order valence-electron chi connectivity index (χ1n) is 10.7. The summed E-state index contributed by atoms with van der Waals surface area (Å²) < 4.78 is 28.6. The molecular formula is C23H24FN5O3. The molecule has 3 heterocycles. The van der Waals surface area contributed by atoms with Gasteiger partial charge in [0.25, 0.3) is 5.89 Å². The first kappa shape index (κ1) is 20.4. The van der Waals surface area contributed by atoms with E-state index in [-0.39, 0.29) is 23.1 Å². The van der Waals surface area contributed by atoms with Crippen molar-refractivity contribution in [2.75, 3.05) is 7.11 Å². The van der Waals surface area contributed by atoms with Gasteiger partial charge in [0.05, 0.1) is 29.9 Å². The Morgan fingerprint density at radius 3 is 2.72 bits per heavy atom.